The van der Waals surface area contributed by atoms with Gasteiger partial charge in [0.25, 0.3) is 0 Å². The maximum absolute atomic E-state index is 13.0. The molecule has 1 fully saturated rings. The highest BCUT2D eigenvalue weighted by atomic mass is 19.4. The molecule has 3 unspecified atom stereocenters. The number of hydrogen-bond acceptors (Lipinski definition) is 4. The highest BCUT2D eigenvalue weighted by Gasteiger charge is 2.34. The monoisotopic (exact) mass is 375 g/mol. The van der Waals surface area contributed by atoms with Gasteiger partial charge in [0, 0.05) is 13.2 Å². The third kappa shape index (κ3) is 5.96. The molecular weight excluding hydrogens is 351 g/mol. The Morgan fingerprint density at radius 2 is 2.12 bits per heavy atom. The minimum atomic E-state index is -4.57. The van der Waals surface area contributed by atoms with E-state index in [9.17, 15) is 23.1 Å². The summed E-state index contributed by atoms with van der Waals surface area (Å²) in [6.45, 7) is 2.18. The van der Waals surface area contributed by atoms with Crippen molar-refractivity contribution in [1.82, 2.24) is 5.32 Å². The molecular formula is C18H24F3NO4. The summed E-state index contributed by atoms with van der Waals surface area (Å²) in [5.74, 6) is -0.496. The molecule has 1 aliphatic heterocycles. The van der Waals surface area contributed by atoms with Gasteiger partial charge in [-0.1, -0.05) is 18.2 Å². The Balaban J connectivity index is 1.83. The van der Waals surface area contributed by atoms with Crippen LogP contribution in [0.15, 0.2) is 24.3 Å². The smallest absolute Gasteiger partial charge is 0.387 e. The molecule has 3 atom stereocenters. The number of nitrogens with one attached hydrogen (secondary N) is 1. The molecule has 1 aromatic rings. The predicted octanol–water partition coefficient (Wildman–Crippen LogP) is 2.83. The van der Waals surface area contributed by atoms with Crippen molar-refractivity contribution in [2.75, 3.05) is 19.8 Å². The van der Waals surface area contributed by atoms with Crippen molar-refractivity contribution in [3.63, 3.8) is 0 Å². The van der Waals surface area contributed by atoms with E-state index < -0.39 is 29.9 Å². The molecule has 8 heteroatoms. The van der Waals surface area contributed by atoms with Crippen molar-refractivity contribution in [3.05, 3.63) is 35.4 Å². The van der Waals surface area contributed by atoms with Crippen LogP contribution in [0.4, 0.5) is 13.2 Å². The lowest BCUT2D eigenvalue weighted by atomic mass is 10.0. The van der Waals surface area contributed by atoms with Crippen LogP contribution < -0.4 is 5.32 Å². The van der Waals surface area contributed by atoms with E-state index in [0.29, 0.717) is 6.61 Å². The molecule has 5 nitrogen and oxygen atoms in total. The lowest BCUT2D eigenvalue weighted by Crippen LogP contribution is -2.39. The number of alkyl halides is 3. The SMILES string of the molecule is CC(OCC1CCCCO1)C(=O)NCC(O)c1ccccc1C(F)(F)F. The summed E-state index contributed by atoms with van der Waals surface area (Å²) in [5, 5.41) is 12.5. The standard InChI is InChI=1S/C18H24F3NO4/c1-12(26-11-13-6-4-5-9-25-13)17(24)22-10-16(23)14-7-2-3-8-15(14)18(19,20)21/h2-3,7-8,12-13,16,23H,4-6,9-11H2,1H3,(H,22,24). The van der Waals surface area contributed by atoms with E-state index in [0.717, 1.165) is 25.3 Å². The quantitative estimate of drug-likeness (QED) is 0.769. The van der Waals surface area contributed by atoms with E-state index >= 15 is 0 Å². The molecule has 146 valence electrons. The lowest BCUT2D eigenvalue weighted by molar-refractivity contribution is -0.139. The summed E-state index contributed by atoms with van der Waals surface area (Å²) in [4.78, 5) is 12.0. The van der Waals surface area contributed by atoms with Gasteiger partial charge in [0.05, 0.1) is 24.4 Å². The Hall–Kier alpha value is -1.64. The van der Waals surface area contributed by atoms with Gasteiger partial charge in [-0.05, 0) is 37.8 Å². The Morgan fingerprint density at radius 1 is 1.38 bits per heavy atom. The van der Waals surface area contributed by atoms with Gasteiger partial charge in [0.2, 0.25) is 5.91 Å². The average Bonchev–Trinajstić information content (AvgIpc) is 2.64. The maximum atomic E-state index is 13.0. The van der Waals surface area contributed by atoms with Gasteiger partial charge < -0.3 is 19.9 Å². The molecule has 1 aromatic carbocycles. The fourth-order valence-electron chi connectivity index (χ4n) is 2.76. The van der Waals surface area contributed by atoms with Crippen LogP contribution >= 0.6 is 0 Å². The number of carbonyl (C=O) groups is 1. The summed E-state index contributed by atoms with van der Waals surface area (Å²) >= 11 is 0. The third-order valence-corrected chi connectivity index (χ3v) is 4.27. The van der Waals surface area contributed by atoms with Gasteiger partial charge in [-0.15, -0.1) is 0 Å². The van der Waals surface area contributed by atoms with Gasteiger partial charge in [-0.3, -0.25) is 4.79 Å². The molecule has 1 aliphatic rings. The van der Waals surface area contributed by atoms with Crippen molar-refractivity contribution >= 4 is 5.91 Å². The van der Waals surface area contributed by atoms with Crippen LogP contribution in [0.5, 0.6) is 0 Å². The zero-order valence-electron chi connectivity index (χ0n) is 14.6. The number of hydrogen-bond donors (Lipinski definition) is 2. The Kier molecular flexibility index (Phi) is 7.43. The summed E-state index contributed by atoms with van der Waals surface area (Å²) in [6.07, 6.45) is -3.91. The summed E-state index contributed by atoms with van der Waals surface area (Å²) < 4.78 is 49.9. The van der Waals surface area contributed by atoms with Gasteiger partial charge in [-0.2, -0.15) is 13.2 Å². The summed E-state index contributed by atoms with van der Waals surface area (Å²) in [6, 6.07) is 4.75. The number of aliphatic hydroxyl groups excluding tert-OH is 1. The van der Waals surface area contributed by atoms with Crippen molar-refractivity contribution in [1.29, 1.82) is 0 Å². The second kappa shape index (κ2) is 9.34. The normalized spacial score (nSPS) is 20.4. The van der Waals surface area contributed by atoms with E-state index in [-0.39, 0.29) is 24.8 Å². The molecule has 1 amide bonds. The number of ether oxygens (including phenoxy) is 2. The van der Waals surface area contributed by atoms with Gasteiger partial charge in [0.15, 0.2) is 0 Å². The molecule has 0 spiro atoms. The Bertz CT molecular complexity index is 588. The minimum Gasteiger partial charge on any atom is -0.387 e. The maximum Gasteiger partial charge on any atom is 0.416 e. The second-order valence-corrected chi connectivity index (χ2v) is 6.31. The van der Waals surface area contributed by atoms with Crippen molar-refractivity contribution in [2.24, 2.45) is 0 Å². The van der Waals surface area contributed by atoms with E-state index in [2.05, 4.69) is 5.32 Å². The molecule has 0 aromatic heterocycles. The van der Waals surface area contributed by atoms with E-state index in [1.807, 2.05) is 0 Å². The average molecular weight is 375 g/mol. The highest BCUT2D eigenvalue weighted by molar-refractivity contribution is 5.80. The second-order valence-electron chi connectivity index (χ2n) is 6.31. The van der Waals surface area contributed by atoms with Crippen LogP contribution in [-0.2, 0) is 20.4 Å². The van der Waals surface area contributed by atoms with Gasteiger partial charge >= 0.3 is 6.18 Å². The molecule has 0 radical (unpaired) electrons. The molecule has 0 saturated carbocycles. The fraction of sp³-hybridized carbons (Fsp3) is 0.611. The predicted molar refractivity (Wildman–Crippen MR) is 88.4 cm³/mol. The van der Waals surface area contributed by atoms with E-state index in [1.165, 1.54) is 18.2 Å². The van der Waals surface area contributed by atoms with Crippen LogP contribution in [0, 0.1) is 0 Å². The molecule has 2 rings (SSSR count). The molecule has 2 N–H and O–H groups in total. The first kappa shape index (κ1) is 20.7. The first-order valence-corrected chi connectivity index (χ1v) is 8.64. The number of rotatable bonds is 7. The summed E-state index contributed by atoms with van der Waals surface area (Å²) in [7, 11) is 0. The van der Waals surface area contributed by atoms with Crippen LogP contribution in [0.1, 0.15) is 43.4 Å². The lowest BCUT2D eigenvalue weighted by Gasteiger charge is -2.24. The van der Waals surface area contributed by atoms with Gasteiger partial charge in [-0.25, -0.2) is 0 Å². The first-order valence-electron chi connectivity index (χ1n) is 8.64. The number of benzene rings is 1. The fourth-order valence-corrected chi connectivity index (χ4v) is 2.76. The Morgan fingerprint density at radius 3 is 2.77 bits per heavy atom. The number of halogens is 3. The van der Waals surface area contributed by atoms with E-state index in [4.69, 9.17) is 9.47 Å². The molecule has 1 saturated heterocycles. The Labute approximate surface area is 150 Å². The minimum absolute atomic E-state index is 0.0387. The topological polar surface area (TPSA) is 67.8 Å². The zero-order valence-corrected chi connectivity index (χ0v) is 14.6. The van der Waals surface area contributed by atoms with Crippen LogP contribution in [0.2, 0.25) is 0 Å². The van der Waals surface area contributed by atoms with Crippen LogP contribution in [0.3, 0.4) is 0 Å². The van der Waals surface area contributed by atoms with Crippen molar-refractivity contribution in [3.8, 4) is 0 Å². The molecule has 0 bridgehead atoms. The molecule has 0 aliphatic carbocycles. The van der Waals surface area contributed by atoms with E-state index in [1.54, 1.807) is 6.92 Å². The van der Waals surface area contributed by atoms with Crippen LogP contribution in [-0.4, -0.2) is 43.0 Å². The van der Waals surface area contributed by atoms with Crippen molar-refractivity contribution in [2.45, 2.75) is 50.7 Å². The first-order chi connectivity index (χ1) is 12.3. The largest absolute Gasteiger partial charge is 0.416 e. The van der Waals surface area contributed by atoms with Crippen LogP contribution in [0.25, 0.3) is 0 Å². The number of amides is 1. The summed E-state index contributed by atoms with van der Waals surface area (Å²) in [5.41, 5.74) is -1.19. The number of aliphatic hydroxyl groups is 1. The zero-order chi connectivity index (χ0) is 19.2. The molecule has 26 heavy (non-hydrogen) atoms. The third-order valence-electron chi connectivity index (χ3n) is 4.27. The van der Waals surface area contributed by atoms with Crippen molar-refractivity contribution < 1.29 is 32.5 Å². The number of carbonyl (C=O) groups excluding carboxylic acids is 1. The van der Waals surface area contributed by atoms with Gasteiger partial charge in [0.1, 0.15) is 6.10 Å². The molecule has 1 heterocycles. The highest BCUT2D eigenvalue weighted by Crippen LogP contribution is 2.34.